The van der Waals surface area contributed by atoms with Crippen LogP contribution in [-0.2, 0) is 48.2 Å². The summed E-state index contributed by atoms with van der Waals surface area (Å²) in [6.07, 6.45) is 5.67. The van der Waals surface area contributed by atoms with Gasteiger partial charge in [-0.05, 0) is 110 Å². The van der Waals surface area contributed by atoms with Crippen LogP contribution in [0.2, 0.25) is 0 Å². The Morgan fingerprint density at radius 3 is 1.59 bits per heavy atom. The van der Waals surface area contributed by atoms with Gasteiger partial charge >= 0.3 is 5.97 Å². The molecule has 382 valence electrons. The summed E-state index contributed by atoms with van der Waals surface area (Å²) in [6, 6.07) is 20.4. The third-order valence-electron chi connectivity index (χ3n) is 18.5. The maximum Gasteiger partial charge on any atom is 0.335 e. The Hall–Kier alpha value is -6.57. The van der Waals surface area contributed by atoms with E-state index in [9.17, 15) is 29.7 Å². The Balaban J connectivity index is 0.876. The van der Waals surface area contributed by atoms with E-state index in [1.807, 2.05) is 82.4 Å². The highest BCUT2D eigenvalue weighted by molar-refractivity contribution is 6.16. The van der Waals surface area contributed by atoms with Gasteiger partial charge in [0.05, 0.1) is 40.4 Å². The van der Waals surface area contributed by atoms with Crippen molar-refractivity contribution in [3.8, 4) is 11.1 Å². The first-order chi connectivity index (χ1) is 34.6. The molecule has 11 rings (SSSR count). The lowest BCUT2D eigenvalue weighted by molar-refractivity contribution is -0.433. The lowest BCUT2D eigenvalue weighted by Gasteiger charge is -2.35. The third-order valence-corrected chi connectivity index (χ3v) is 18.5. The maximum atomic E-state index is 14.2. The van der Waals surface area contributed by atoms with E-state index in [2.05, 4.69) is 106 Å². The number of likely N-dealkylation sites (N-methyl/N-ethyl adjacent to an activating group) is 2. The van der Waals surface area contributed by atoms with E-state index in [-0.39, 0.29) is 29.2 Å². The van der Waals surface area contributed by atoms with Crippen LogP contribution < -0.4 is 9.80 Å². The zero-order valence-electron chi connectivity index (χ0n) is 45.0. The smallest absolute Gasteiger partial charge is 0.335 e. The normalized spacial score (nSPS) is 27.0. The fourth-order valence-corrected chi connectivity index (χ4v) is 13.9. The molecule has 4 aliphatic heterocycles. The number of carboxylic acid groups (broad SMARTS) is 1. The summed E-state index contributed by atoms with van der Waals surface area (Å²) in [6.45, 7) is 24.5. The number of Topliss-reactive ketones (excluding diaryl/α,β-unsaturated/α-hetero) is 2. The van der Waals surface area contributed by atoms with Crippen molar-refractivity contribution in [3.63, 3.8) is 0 Å². The van der Waals surface area contributed by atoms with E-state index in [1.54, 1.807) is 18.2 Å². The molecule has 4 aromatic carbocycles. The van der Waals surface area contributed by atoms with Gasteiger partial charge in [-0.15, -0.1) is 0 Å². The summed E-state index contributed by atoms with van der Waals surface area (Å²) in [5, 5.41) is 42.3. The van der Waals surface area contributed by atoms with Crippen LogP contribution in [0.25, 0.3) is 11.1 Å². The number of fused-ring (bicyclic) bond motifs is 7. The average Bonchev–Trinajstić information content (AvgIpc) is 3.93. The van der Waals surface area contributed by atoms with Gasteiger partial charge in [0.2, 0.25) is 11.4 Å². The van der Waals surface area contributed by atoms with Crippen molar-refractivity contribution in [1.82, 2.24) is 0 Å². The number of rotatable bonds is 8. The number of carboxylic acids is 1. The molecule has 0 aromatic heterocycles. The molecule has 4 heterocycles. The highest BCUT2D eigenvalue weighted by atomic mass is 17.1. The number of anilines is 2. The van der Waals surface area contributed by atoms with E-state index >= 15 is 0 Å². The van der Waals surface area contributed by atoms with Gasteiger partial charge in [0.25, 0.3) is 0 Å². The standard InChI is InChI=1S/C62H66N4O8/c1-15-66-48-29-40-34(23-44(48)62(10,11)52(66)27-38-55(69)36(56(38)70)24-49-59(4,5)41-20-31(30-74-73)16-18-45(41)63(49)12)33-22-43-47(28-39(33)58(40,2)3)65(14)51(61(43,8)9)26-37-53(67)35(54(37)68)25-50-60(6,7)42-21-32(57(71)72)17-19-46(42)64(50)13/h16-29,35-36,53,55,67,69H,15,30H2,1-14H3/p+2. The molecule has 12 heteroatoms. The molecule has 4 aromatic rings. The van der Waals surface area contributed by atoms with Crippen molar-refractivity contribution < 1.29 is 49.0 Å². The van der Waals surface area contributed by atoms with Gasteiger partial charge in [-0.1, -0.05) is 65.8 Å². The van der Waals surface area contributed by atoms with Crippen LogP contribution in [-0.4, -0.2) is 98.6 Å². The first kappa shape index (κ1) is 49.6. The van der Waals surface area contributed by atoms with Crippen molar-refractivity contribution in [2.75, 3.05) is 37.5 Å². The molecule has 0 saturated heterocycles. The molecule has 2 fully saturated rings. The maximum absolute atomic E-state index is 14.2. The number of aliphatic hydroxyl groups excluding tert-OH is 2. The van der Waals surface area contributed by atoms with Crippen LogP contribution in [0.3, 0.4) is 0 Å². The molecule has 0 amide bonds. The zero-order chi connectivity index (χ0) is 53.4. The van der Waals surface area contributed by atoms with Crippen LogP contribution >= 0.6 is 0 Å². The topological polar surface area (TPSA) is 154 Å². The number of hydrogen-bond donors (Lipinski definition) is 4. The second-order valence-electron chi connectivity index (χ2n) is 24.3. The van der Waals surface area contributed by atoms with E-state index in [1.165, 1.54) is 22.3 Å². The van der Waals surface area contributed by atoms with Crippen LogP contribution in [0.4, 0.5) is 22.7 Å². The summed E-state index contributed by atoms with van der Waals surface area (Å²) in [4.78, 5) is 48.6. The SMILES string of the molecule is CC[N+]1=C(C=C2C(=O)C(C=C3N(C)c4ccc(COO)cc4C3(C)C)C2O)C(C)(C)c2cc3c(cc21)C(C)(C)c1cc2c(cc1-3)C(C)(C)C(C=C1C(=O)C(C=C3N(C)c4ccc(C(=O)O)cc4C3(C)C)C1O)=[N+]2C. The van der Waals surface area contributed by atoms with Crippen molar-refractivity contribution in [1.29, 1.82) is 0 Å². The Morgan fingerprint density at radius 1 is 0.622 bits per heavy atom. The van der Waals surface area contributed by atoms with Crippen molar-refractivity contribution in [2.24, 2.45) is 11.8 Å². The summed E-state index contributed by atoms with van der Waals surface area (Å²) < 4.78 is 4.47. The number of aliphatic hydroxyl groups is 2. The van der Waals surface area contributed by atoms with Gasteiger partial charge in [0.1, 0.15) is 20.2 Å². The fraction of sp³-hybridized carbons (Fsp3) is 0.403. The number of carbonyl (C=O) groups excluding carboxylic acids is 2. The summed E-state index contributed by atoms with van der Waals surface area (Å²) in [7, 11) is 5.94. The first-order valence-electron chi connectivity index (χ1n) is 25.8. The number of ketones is 2. The van der Waals surface area contributed by atoms with Gasteiger partial charge in [0, 0.05) is 99.7 Å². The van der Waals surface area contributed by atoms with E-state index in [0.717, 1.165) is 73.4 Å². The molecule has 3 aliphatic carbocycles. The van der Waals surface area contributed by atoms with Crippen LogP contribution in [0.1, 0.15) is 125 Å². The number of hydrogen-bond acceptors (Lipinski definition) is 9. The van der Waals surface area contributed by atoms with Gasteiger partial charge in [-0.2, -0.15) is 9.15 Å². The zero-order valence-corrected chi connectivity index (χ0v) is 45.0. The number of carbonyl (C=O) groups is 3. The van der Waals surface area contributed by atoms with Crippen molar-refractivity contribution in [2.45, 2.75) is 122 Å². The van der Waals surface area contributed by atoms with Gasteiger partial charge in [-0.3, -0.25) is 14.8 Å². The minimum absolute atomic E-state index is 0.0786. The molecular weight excluding hydrogens is 929 g/mol. The van der Waals surface area contributed by atoms with E-state index in [4.69, 9.17) is 5.26 Å². The van der Waals surface area contributed by atoms with Gasteiger partial charge < -0.3 is 25.1 Å². The Kier molecular flexibility index (Phi) is 10.7. The summed E-state index contributed by atoms with van der Waals surface area (Å²) in [5.41, 5.74) is 16.2. The molecule has 0 bridgehead atoms. The second kappa shape index (κ2) is 16.0. The number of aromatic carboxylic acids is 1. The Bertz CT molecular complexity index is 3480. The molecule has 2 saturated carbocycles. The Labute approximate surface area is 433 Å². The van der Waals surface area contributed by atoms with Crippen LogP contribution in [0.5, 0.6) is 0 Å². The molecule has 74 heavy (non-hydrogen) atoms. The van der Waals surface area contributed by atoms with Gasteiger partial charge in [-0.25, -0.2) is 9.68 Å². The number of allylic oxidation sites excluding steroid dienone is 4. The molecule has 12 nitrogen and oxygen atoms in total. The highest BCUT2D eigenvalue weighted by Crippen LogP contribution is 2.57. The van der Waals surface area contributed by atoms with Gasteiger partial charge in [0.15, 0.2) is 23.0 Å². The molecule has 0 spiro atoms. The summed E-state index contributed by atoms with van der Waals surface area (Å²) >= 11 is 0. The molecule has 0 radical (unpaired) electrons. The minimum Gasteiger partial charge on any atom is -0.478 e. The lowest BCUT2D eigenvalue weighted by Crippen LogP contribution is -2.46. The lowest BCUT2D eigenvalue weighted by atomic mass is 9.70. The fourth-order valence-electron chi connectivity index (χ4n) is 13.9. The quantitative estimate of drug-likeness (QED) is 0.0581. The monoisotopic (exact) mass is 997 g/mol. The molecule has 7 aliphatic rings. The average molecular weight is 997 g/mol. The van der Waals surface area contributed by atoms with E-state index < -0.39 is 51.7 Å². The van der Waals surface area contributed by atoms with Crippen molar-refractivity contribution >= 4 is 51.7 Å². The predicted molar refractivity (Wildman–Crippen MR) is 288 cm³/mol. The highest BCUT2D eigenvalue weighted by Gasteiger charge is 2.54. The van der Waals surface area contributed by atoms with E-state index in [0.29, 0.717) is 17.7 Å². The van der Waals surface area contributed by atoms with Crippen LogP contribution in [0, 0.1) is 11.8 Å². The minimum atomic E-state index is -1.00. The van der Waals surface area contributed by atoms with Crippen LogP contribution in [0.15, 0.2) is 108 Å². The Morgan fingerprint density at radius 2 is 1.09 bits per heavy atom. The third kappa shape index (κ3) is 6.50. The number of benzene rings is 4. The predicted octanol–water partition coefficient (Wildman–Crippen LogP) is 9.68. The molecule has 4 N–H and O–H groups in total. The molecule has 4 atom stereocenters. The number of nitrogens with zero attached hydrogens (tertiary/aromatic N) is 4. The second-order valence-corrected chi connectivity index (χ2v) is 24.3. The summed E-state index contributed by atoms with van der Waals surface area (Å²) in [5.74, 6) is -2.62. The molecular formula is C62H68N4O8+2. The van der Waals surface area contributed by atoms with Crippen molar-refractivity contribution in [3.05, 3.63) is 152 Å². The first-order valence-corrected chi connectivity index (χ1v) is 25.8. The molecule has 4 unspecified atom stereocenters. The largest absolute Gasteiger partial charge is 0.478 e.